The molecule has 1 saturated carbocycles. The smallest absolute Gasteiger partial charge is 0.266 e. The molecule has 2 N–H and O–H groups in total. The fourth-order valence-electron chi connectivity index (χ4n) is 4.94. The first-order valence-corrected chi connectivity index (χ1v) is 9.93. The number of hydrazine groups is 1. The van der Waals surface area contributed by atoms with Gasteiger partial charge in [-0.3, -0.25) is 10.1 Å². The van der Waals surface area contributed by atoms with Crippen LogP contribution in [0, 0.1) is 5.92 Å². The van der Waals surface area contributed by atoms with Crippen molar-refractivity contribution in [1.29, 1.82) is 0 Å². The van der Waals surface area contributed by atoms with Gasteiger partial charge in [0.2, 0.25) is 0 Å². The van der Waals surface area contributed by atoms with E-state index in [-0.39, 0.29) is 19.0 Å². The maximum absolute atomic E-state index is 13.6. The highest BCUT2D eigenvalue weighted by Gasteiger charge is 2.43. The summed E-state index contributed by atoms with van der Waals surface area (Å²) in [5.74, 6) is -1.17. The highest BCUT2D eigenvalue weighted by atomic mass is 19.3. The Hall–Kier alpha value is -2.13. The normalized spacial score (nSPS) is 31.9. The molecule has 4 heterocycles. The van der Waals surface area contributed by atoms with Gasteiger partial charge in [0.05, 0.1) is 24.5 Å². The van der Waals surface area contributed by atoms with Crippen molar-refractivity contribution in [2.24, 2.45) is 13.0 Å². The Morgan fingerprint density at radius 2 is 2.11 bits per heavy atom. The summed E-state index contributed by atoms with van der Waals surface area (Å²) in [6.07, 6.45) is 8.71. The average molecular weight is 389 g/mol. The van der Waals surface area contributed by atoms with E-state index in [4.69, 9.17) is 0 Å². The lowest BCUT2D eigenvalue weighted by Gasteiger charge is -2.32. The van der Waals surface area contributed by atoms with Gasteiger partial charge in [-0.05, 0) is 36.7 Å². The molecule has 7 nitrogen and oxygen atoms in total. The number of rotatable bonds is 3. The monoisotopic (exact) mass is 389 g/mol. The highest BCUT2D eigenvalue weighted by molar-refractivity contribution is 5.42. The van der Waals surface area contributed by atoms with Gasteiger partial charge in [0, 0.05) is 38.3 Å². The van der Waals surface area contributed by atoms with Crippen LogP contribution in [0.4, 0.5) is 14.6 Å². The summed E-state index contributed by atoms with van der Waals surface area (Å²) in [7, 11) is 1.95. The van der Waals surface area contributed by atoms with Crippen molar-refractivity contribution >= 4 is 5.82 Å². The lowest BCUT2D eigenvalue weighted by Crippen LogP contribution is -2.34. The summed E-state index contributed by atoms with van der Waals surface area (Å²) in [4.78, 5) is 10.4. The molecule has 150 valence electrons. The molecule has 0 spiro atoms. The van der Waals surface area contributed by atoms with Crippen molar-refractivity contribution < 1.29 is 8.78 Å². The second kappa shape index (κ2) is 6.73. The second-order valence-corrected chi connectivity index (χ2v) is 8.32. The summed E-state index contributed by atoms with van der Waals surface area (Å²) in [6.45, 7) is 0.0594. The molecule has 28 heavy (non-hydrogen) atoms. The standard InChI is InChI=1S/C19H25F2N7/c1-27-9-13(8-24-27)12-2-3-15-14(6-12)18(26-25-15)16-7-17(23-11-22-16)28-5-4-19(20,21)10-28/h7-9,11-12,14-15,18,25-26H,2-6,10H2,1H3. The number of nitrogens with zero attached hydrogens (tertiary/aromatic N) is 5. The Bertz CT molecular complexity index is 854. The Labute approximate surface area is 162 Å². The molecule has 2 aromatic rings. The molecule has 0 radical (unpaired) electrons. The van der Waals surface area contributed by atoms with Crippen molar-refractivity contribution in [2.45, 2.75) is 49.6 Å². The topological polar surface area (TPSA) is 70.9 Å². The van der Waals surface area contributed by atoms with Gasteiger partial charge in [0.15, 0.2) is 0 Å². The minimum Gasteiger partial charge on any atom is -0.350 e. The van der Waals surface area contributed by atoms with Gasteiger partial charge in [0.1, 0.15) is 12.1 Å². The summed E-state index contributed by atoms with van der Waals surface area (Å²) in [5.41, 5.74) is 8.97. The van der Waals surface area contributed by atoms with Crippen LogP contribution >= 0.6 is 0 Å². The predicted octanol–water partition coefficient (Wildman–Crippen LogP) is 2.16. The van der Waals surface area contributed by atoms with Gasteiger partial charge in [-0.25, -0.2) is 24.2 Å². The number of nitrogens with one attached hydrogen (secondary N) is 2. The first-order valence-electron chi connectivity index (χ1n) is 9.93. The molecule has 3 aliphatic rings. The van der Waals surface area contributed by atoms with E-state index in [0.29, 0.717) is 30.2 Å². The summed E-state index contributed by atoms with van der Waals surface area (Å²) < 4.78 is 29.0. The Morgan fingerprint density at radius 1 is 1.21 bits per heavy atom. The van der Waals surface area contributed by atoms with Crippen molar-refractivity contribution in [2.75, 3.05) is 18.0 Å². The molecule has 2 saturated heterocycles. The first-order chi connectivity index (χ1) is 13.5. The van der Waals surface area contributed by atoms with Crippen LogP contribution in [-0.4, -0.2) is 44.8 Å². The largest absolute Gasteiger partial charge is 0.350 e. The molecule has 0 amide bonds. The van der Waals surface area contributed by atoms with E-state index in [9.17, 15) is 8.78 Å². The number of fused-ring (bicyclic) bond motifs is 1. The number of alkyl halides is 2. The number of anilines is 1. The predicted molar refractivity (Wildman–Crippen MR) is 99.9 cm³/mol. The summed E-state index contributed by atoms with van der Waals surface area (Å²) in [5, 5.41) is 4.32. The van der Waals surface area contributed by atoms with Crippen molar-refractivity contribution in [3.05, 3.63) is 36.0 Å². The van der Waals surface area contributed by atoms with E-state index in [1.54, 1.807) is 4.90 Å². The van der Waals surface area contributed by atoms with Gasteiger partial charge in [0.25, 0.3) is 5.92 Å². The molecule has 1 aliphatic carbocycles. The molecule has 4 atom stereocenters. The third kappa shape index (κ3) is 3.26. The van der Waals surface area contributed by atoms with Crippen LogP contribution in [0.15, 0.2) is 24.8 Å². The summed E-state index contributed by atoms with van der Waals surface area (Å²) >= 11 is 0. The van der Waals surface area contributed by atoms with E-state index in [0.717, 1.165) is 25.0 Å². The molecular weight excluding hydrogens is 364 g/mol. The van der Waals surface area contributed by atoms with Crippen LogP contribution in [0.3, 0.4) is 0 Å². The van der Waals surface area contributed by atoms with Crippen molar-refractivity contribution in [3.8, 4) is 0 Å². The van der Waals surface area contributed by atoms with Crippen molar-refractivity contribution in [1.82, 2.24) is 30.6 Å². The molecule has 2 aromatic heterocycles. The number of hydrogen-bond donors (Lipinski definition) is 2. The Morgan fingerprint density at radius 3 is 2.86 bits per heavy atom. The number of aryl methyl sites for hydroxylation is 1. The minimum absolute atomic E-state index is 0.0503. The van der Waals surface area contributed by atoms with Gasteiger partial charge >= 0.3 is 0 Å². The van der Waals surface area contributed by atoms with Crippen LogP contribution in [0.25, 0.3) is 0 Å². The van der Waals surface area contributed by atoms with E-state index in [1.807, 2.05) is 24.0 Å². The van der Waals surface area contributed by atoms with Crippen LogP contribution in [0.2, 0.25) is 0 Å². The molecule has 4 unspecified atom stereocenters. The lowest BCUT2D eigenvalue weighted by atomic mass is 9.73. The third-order valence-corrected chi connectivity index (χ3v) is 6.43. The number of hydrogen-bond acceptors (Lipinski definition) is 6. The molecule has 9 heteroatoms. The maximum Gasteiger partial charge on any atom is 0.266 e. The molecular formula is C19H25F2N7. The van der Waals surface area contributed by atoms with Crippen LogP contribution in [-0.2, 0) is 7.05 Å². The van der Waals surface area contributed by atoms with E-state index in [2.05, 4.69) is 32.1 Å². The average Bonchev–Trinajstić information content (AvgIpc) is 3.39. The molecule has 2 aliphatic heterocycles. The van der Waals surface area contributed by atoms with Crippen LogP contribution in [0.5, 0.6) is 0 Å². The fraction of sp³-hybridized carbons (Fsp3) is 0.632. The molecule has 0 bridgehead atoms. The van der Waals surface area contributed by atoms with E-state index >= 15 is 0 Å². The molecule has 5 rings (SSSR count). The van der Waals surface area contributed by atoms with E-state index in [1.165, 1.54) is 11.9 Å². The maximum atomic E-state index is 13.6. The zero-order valence-corrected chi connectivity index (χ0v) is 15.9. The van der Waals surface area contributed by atoms with Gasteiger partial charge in [-0.2, -0.15) is 5.10 Å². The SMILES string of the molecule is Cn1cc(C2CCC3NNC(c4cc(N5CCC(F)(F)C5)ncn4)C3C2)cn1. The zero-order valence-electron chi connectivity index (χ0n) is 15.9. The molecule has 0 aromatic carbocycles. The summed E-state index contributed by atoms with van der Waals surface area (Å²) in [6, 6.07) is 2.32. The number of aromatic nitrogens is 4. The first kappa shape index (κ1) is 17.9. The Kier molecular flexibility index (Phi) is 4.31. The lowest BCUT2D eigenvalue weighted by molar-refractivity contribution is 0.0256. The quantitative estimate of drug-likeness (QED) is 0.838. The third-order valence-electron chi connectivity index (χ3n) is 6.43. The van der Waals surface area contributed by atoms with E-state index < -0.39 is 5.92 Å². The second-order valence-electron chi connectivity index (χ2n) is 8.32. The van der Waals surface area contributed by atoms with Gasteiger partial charge in [-0.1, -0.05) is 0 Å². The Balaban J connectivity index is 1.35. The zero-order chi connectivity index (χ0) is 19.3. The van der Waals surface area contributed by atoms with Crippen molar-refractivity contribution in [3.63, 3.8) is 0 Å². The van der Waals surface area contributed by atoms with Crippen LogP contribution in [0.1, 0.15) is 48.9 Å². The highest BCUT2D eigenvalue weighted by Crippen LogP contribution is 2.44. The van der Waals surface area contributed by atoms with Crippen LogP contribution < -0.4 is 15.8 Å². The minimum atomic E-state index is -2.64. The van der Waals surface area contributed by atoms with Gasteiger partial charge < -0.3 is 4.90 Å². The van der Waals surface area contributed by atoms with Gasteiger partial charge in [-0.15, -0.1) is 0 Å². The molecule has 3 fully saturated rings. The fourth-order valence-corrected chi connectivity index (χ4v) is 4.94. The number of halogens is 2.